The number of nitrogens with zero attached hydrogens (tertiary/aromatic N) is 3. The first-order chi connectivity index (χ1) is 12.6. The van der Waals surface area contributed by atoms with E-state index in [1.165, 1.54) is 13.0 Å². The molecule has 1 aromatic carbocycles. The van der Waals surface area contributed by atoms with Gasteiger partial charge in [-0.25, -0.2) is 4.39 Å². The summed E-state index contributed by atoms with van der Waals surface area (Å²) in [5.41, 5.74) is 1.49. The Bertz CT molecular complexity index is 850. The van der Waals surface area contributed by atoms with E-state index < -0.39 is 5.82 Å². The van der Waals surface area contributed by atoms with Gasteiger partial charge in [0.1, 0.15) is 29.3 Å². The highest BCUT2D eigenvalue weighted by Crippen LogP contribution is 2.28. The zero-order valence-electron chi connectivity index (χ0n) is 14.4. The molecule has 0 spiro atoms. The van der Waals surface area contributed by atoms with Gasteiger partial charge in [-0.15, -0.1) is 0 Å². The lowest BCUT2D eigenvalue weighted by Crippen LogP contribution is -2.26. The number of carbonyl (C=O) groups excluding carboxylic acids is 1. The number of rotatable bonds is 5. The van der Waals surface area contributed by atoms with Gasteiger partial charge in [0, 0.05) is 38.2 Å². The molecule has 0 unspecified atom stereocenters. The Morgan fingerprint density at radius 1 is 1.50 bits per heavy atom. The molecule has 1 saturated heterocycles. The van der Waals surface area contributed by atoms with Crippen molar-refractivity contribution in [2.75, 3.05) is 18.0 Å². The lowest BCUT2D eigenvalue weighted by atomic mass is 10.1. The van der Waals surface area contributed by atoms with Gasteiger partial charge in [0.15, 0.2) is 0 Å². The minimum atomic E-state index is -0.515. The Morgan fingerprint density at radius 3 is 3.12 bits per heavy atom. The number of ether oxygens (including phenoxy) is 1. The zero-order chi connectivity index (χ0) is 18.5. The molecule has 1 fully saturated rings. The number of hydrogen-bond donors (Lipinski definition) is 1. The SMILES string of the molecule is CC(=O)NCc1ccncc1O[C@H]1CCN(c2cccc(F)c2C#N)C1. The highest BCUT2D eigenvalue weighted by Gasteiger charge is 2.27. The molecule has 1 N–H and O–H groups in total. The minimum Gasteiger partial charge on any atom is -0.487 e. The maximum atomic E-state index is 13.8. The summed E-state index contributed by atoms with van der Waals surface area (Å²) in [4.78, 5) is 17.2. The zero-order valence-corrected chi connectivity index (χ0v) is 14.4. The minimum absolute atomic E-state index is 0.0564. The van der Waals surface area contributed by atoms with Crippen molar-refractivity contribution in [1.82, 2.24) is 10.3 Å². The van der Waals surface area contributed by atoms with Crippen LogP contribution in [-0.4, -0.2) is 30.1 Å². The van der Waals surface area contributed by atoms with Gasteiger partial charge in [-0.2, -0.15) is 5.26 Å². The predicted octanol–water partition coefficient (Wildman–Crippen LogP) is 2.39. The van der Waals surface area contributed by atoms with E-state index in [2.05, 4.69) is 10.3 Å². The Morgan fingerprint density at radius 2 is 2.35 bits per heavy atom. The molecule has 134 valence electrons. The first-order valence-corrected chi connectivity index (χ1v) is 8.36. The average molecular weight is 354 g/mol. The number of halogens is 1. The molecular formula is C19H19FN4O2. The third kappa shape index (κ3) is 3.91. The number of pyridine rings is 1. The highest BCUT2D eigenvalue weighted by molar-refractivity contribution is 5.72. The molecule has 26 heavy (non-hydrogen) atoms. The fraction of sp³-hybridized carbons (Fsp3) is 0.316. The molecular weight excluding hydrogens is 335 g/mol. The number of amides is 1. The maximum Gasteiger partial charge on any atom is 0.217 e. The first kappa shape index (κ1) is 17.7. The topological polar surface area (TPSA) is 78.2 Å². The molecule has 2 heterocycles. The standard InChI is InChI=1S/C19H19FN4O2/c1-13(25)23-10-14-5-7-22-11-19(14)26-15-6-8-24(12-15)18-4-2-3-17(20)16(18)9-21/h2-5,7,11,15H,6,8,10,12H2,1H3,(H,23,25)/t15-/m0/s1. The van der Waals surface area contributed by atoms with Crippen molar-refractivity contribution < 1.29 is 13.9 Å². The number of benzene rings is 1. The number of carbonyl (C=O) groups is 1. The van der Waals surface area contributed by atoms with Crippen LogP contribution >= 0.6 is 0 Å². The molecule has 7 heteroatoms. The van der Waals surface area contributed by atoms with E-state index in [1.807, 2.05) is 11.0 Å². The van der Waals surface area contributed by atoms with E-state index in [9.17, 15) is 14.4 Å². The van der Waals surface area contributed by atoms with Gasteiger partial charge < -0.3 is 15.0 Å². The van der Waals surface area contributed by atoms with Gasteiger partial charge in [-0.05, 0) is 18.2 Å². The van der Waals surface area contributed by atoms with Crippen LogP contribution in [0.15, 0.2) is 36.7 Å². The molecule has 1 amide bonds. The number of hydrogen-bond acceptors (Lipinski definition) is 5. The number of anilines is 1. The van der Waals surface area contributed by atoms with Gasteiger partial charge in [0.2, 0.25) is 5.91 Å². The summed E-state index contributed by atoms with van der Waals surface area (Å²) >= 11 is 0. The van der Waals surface area contributed by atoms with Crippen LogP contribution in [0.25, 0.3) is 0 Å². The van der Waals surface area contributed by atoms with Crippen molar-refractivity contribution in [2.45, 2.75) is 26.0 Å². The summed E-state index contributed by atoms with van der Waals surface area (Å²) in [6.07, 6.45) is 3.92. The third-order valence-corrected chi connectivity index (χ3v) is 4.28. The summed E-state index contributed by atoms with van der Waals surface area (Å²) < 4.78 is 19.9. The van der Waals surface area contributed by atoms with Crippen molar-refractivity contribution in [3.63, 3.8) is 0 Å². The molecule has 1 atom stereocenters. The van der Waals surface area contributed by atoms with E-state index in [0.717, 1.165) is 12.0 Å². The summed E-state index contributed by atoms with van der Waals surface area (Å²) in [6.45, 7) is 3.05. The molecule has 0 aliphatic carbocycles. The van der Waals surface area contributed by atoms with Gasteiger partial charge in [0.25, 0.3) is 0 Å². The molecule has 0 saturated carbocycles. The van der Waals surface area contributed by atoms with Crippen LogP contribution in [0.1, 0.15) is 24.5 Å². The lowest BCUT2D eigenvalue weighted by molar-refractivity contribution is -0.119. The van der Waals surface area contributed by atoms with Crippen molar-refractivity contribution in [1.29, 1.82) is 5.26 Å². The summed E-state index contributed by atoms with van der Waals surface area (Å²) in [5, 5.41) is 12.0. The van der Waals surface area contributed by atoms with Crippen LogP contribution in [0.4, 0.5) is 10.1 Å². The van der Waals surface area contributed by atoms with E-state index in [0.29, 0.717) is 31.1 Å². The van der Waals surface area contributed by atoms with Crippen LogP contribution in [0.3, 0.4) is 0 Å². The van der Waals surface area contributed by atoms with Gasteiger partial charge in [-0.3, -0.25) is 9.78 Å². The van der Waals surface area contributed by atoms with Crippen LogP contribution < -0.4 is 15.0 Å². The second-order valence-corrected chi connectivity index (χ2v) is 6.11. The molecule has 0 radical (unpaired) electrons. The van der Waals surface area contributed by atoms with E-state index in [1.54, 1.807) is 30.6 Å². The molecule has 1 aliphatic heterocycles. The smallest absolute Gasteiger partial charge is 0.217 e. The lowest BCUT2D eigenvalue weighted by Gasteiger charge is -2.21. The summed E-state index contributed by atoms with van der Waals surface area (Å²) in [5.74, 6) is -0.0120. The van der Waals surface area contributed by atoms with Crippen LogP contribution in [-0.2, 0) is 11.3 Å². The summed E-state index contributed by atoms with van der Waals surface area (Å²) in [7, 11) is 0. The van der Waals surface area contributed by atoms with Gasteiger partial charge >= 0.3 is 0 Å². The van der Waals surface area contributed by atoms with Crippen molar-refractivity contribution in [2.24, 2.45) is 0 Å². The average Bonchev–Trinajstić information content (AvgIpc) is 3.09. The maximum absolute atomic E-state index is 13.8. The van der Waals surface area contributed by atoms with Crippen molar-refractivity contribution >= 4 is 11.6 Å². The van der Waals surface area contributed by atoms with Crippen LogP contribution in [0.5, 0.6) is 5.75 Å². The van der Waals surface area contributed by atoms with Crippen molar-refractivity contribution in [3.8, 4) is 11.8 Å². The van der Waals surface area contributed by atoms with Gasteiger partial charge in [0.05, 0.1) is 18.4 Å². The van der Waals surface area contributed by atoms with E-state index in [-0.39, 0.29) is 17.6 Å². The van der Waals surface area contributed by atoms with Crippen LogP contribution in [0, 0.1) is 17.1 Å². The molecule has 1 aliphatic rings. The summed E-state index contributed by atoms with van der Waals surface area (Å²) in [6, 6.07) is 8.38. The largest absolute Gasteiger partial charge is 0.487 e. The predicted molar refractivity (Wildman–Crippen MR) is 94.1 cm³/mol. The Kier molecular flexibility index (Phi) is 5.32. The Labute approximate surface area is 151 Å². The van der Waals surface area contributed by atoms with Crippen molar-refractivity contribution in [3.05, 3.63) is 53.6 Å². The van der Waals surface area contributed by atoms with Gasteiger partial charge in [-0.1, -0.05) is 6.07 Å². The molecule has 2 aromatic rings. The molecule has 6 nitrogen and oxygen atoms in total. The normalized spacial score (nSPS) is 16.2. The third-order valence-electron chi connectivity index (χ3n) is 4.28. The highest BCUT2D eigenvalue weighted by atomic mass is 19.1. The van der Waals surface area contributed by atoms with E-state index in [4.69, 9.17) is 4.74 Å². The monoisotopic (exact) mass is 354 g/mol. The quantitative estimate of drug-likeness (QED) is 0.892. The fourth-order valence-electron chi connectivity index (χ4n) is 2.99. The Balaban J connectivity index is 1.70. The molecule has 0 bridgehead atoms. The fourth-order valence-corrected chi connectivity index (χ4v) is 2.99. The molecule has 1 aromatic heterocycles. The first-order valence-electron chi connectivity index (χ1n) is 8.36. The second kappa shape index (κ2) is 7.83. The Hall–Kier alpha value is -3.14. The van der Waals surface area contributed by atoms with E-state index >= 15 is 0 Å². The second-order valence-electron chi connectivity index (χ2n) is 6.11. The van der Waals surface area contributed by atoms with Crippen LogP contribution in [0.2, 0.25) is 0 Å². The number of nitriles is 1. The number of nitrogens with one attached hydrogen (secondary N) is 1. The number of aromatic nitrogens is 1. The molecule has 3 rings (SSSR count).